The van der Waals surface area contributed by atoms with Gasteiger partial charge in [-0.25, -0.2) is 0 Å². The van der Waals surface area contributed by atoms with Crippen molar-refractivity contribution in [3.8, 4) is 10.4 Å². The summed E-state index contributed by atoms with van der Waals surface area (Å²) in [5.74, 6) is 0.0869. The van der Waals surface area contributed by atoms with Crippen molar-refractivity contribution in [1.29, 1.82) is 0 Å². The minimum absolute atomic E-state index is 0.200. The molecule has 0 radical (unpaired) electrons. The minimum Gasteiger partial charge on any atom is -0.379 e. The van der Waals surface area contributed by atoms with Gasteiger partial charge in [-0.15, -0.1) is 21.5 Å². The van der Waals surface area contributed by atoms with Crippen LogP contribution < -0.4 is 11.1 Å². The van der Waals surface area contributed by atoms with E-state index in [2.05, 4.69) is 31.4 Å². The number of amides is 1. The highest BCUT2D eigenvalue weighted by Crippen LogP contribution is 2.38. The van der Waals surface area contributed by atoms with E-state index in [4.69, 9.17) is 10.5 Å². The van der Waals surface area contributed by atoms with E-state index in [0.29, 0.717) is 12.4 Å². The number of thiophene rings is 1. The Balaban J connectivity index is 1.84. The zero-order valence-corrected chi connectivity index (χ0v) is 15.6. The first-order chi connectivity index (χ1) is 12.1. The zero-order chi connectivity index (χ0) is 17.4. The van der Waals surface area contributed by atoms with Crippen LogP contribution in [-0.4, -0.2) is 35.4 Å². The molecule has 1 fully saturated rings. The molecule has 128 valence electrons. The molecule has 1 amide bonds. The lowest BCUT2D eigenvalue weighted by Gasteiger charge is -2.11. The number of carbonyl (C=O) groups is 1. The number of rotatable bonds is 4. The molecule has 1 unspecified atom stereocenters. The number of fused-ring (bicyclic) bond motifs is 1. The maximum Gasteiger partial charge on any atom is 0.270 e. The quantitative estimate of drug-likeness (QED) is 0.677. The van der Waals surface area contributed by atoms with E-state index in [1.165, 1.54) is 11.3 Å². The summed E-state index contributed by atoms with van der Waals surface area (Å²) in [6.07, 6.45) is 0.920. The second kappa shape index (κ2) is 6.70. The smallest absolute Gasteiger partial charge is 0.270 e. The van der Waals surface area contributed by atoms with Crippen molar-refractivity contribution in [3.05, 3.63) is 40.5 Å². The monoisotopic (exact) mass is 418 g/mol. The molecule has 25 heavy (non-hydrogen) atoms. The van der Waals surface area contributed by atoms with Gasteiger partial charge in [0.15, 0.2) is 11.5 Å². The third-order valence-corrected chi connectivity index (χ3v) is 5.75. The maximum absolute atomic E-state index is 11.7. The Bertz CT molecular complexity index is 953. The summed E-state index contributed by atoms with van der Waals surface area (Å²) in [4.78, 5) is 12.8. The molecule has 1 atom stereocenters. The number of primary amides is 1. The molecule has 1 saturated heterocycles. The van der Waals surface area contributed by atoms with Gasteiger partial charge >= 0.3 is 0 Å². The van der Waals surface area contributed by atoms with Gasteiger partial charge in [-0.05, 0) is 30.2 Å². The van der Waals surface area contributed by atoms with Crippen LogP contribution in [0.15, 0.2) is 34.8 Å². The molecule has 0 saturated carbocycles. The first-order valence-corrected chi connectivity index (χ1v) is 9.43. The van der Waals surface area contributed by atoms with E-state index in [1.54, 1.807) is 0 Å². The lowest BCUT2D eigenvalue weighted by molar-refractivity contribution is 0.0996. The fourth-order valence-electron chi connectivity index (χ4n) is 2.84. The van der Waals surface area contributed by atoms with Crippen LogP contribution in [0.4, 0.5) is 5.82 Å². The Morgan fingerprint density at radius 2 is 2.24 bits per heavy atom. The molecule has 2 aromatic heterocycles. The fraction of sp³-hybridized carbons (Fsp3) is 0.235. The molecule has 1 aliphatic heterocycles. The number of aromatic nitrogens is 2. The first kappa shape index (κ1) is 16.4. The standard InChI is InChI=1S/C17H15BrN4O2S/c18-10-3-1-2-9(6-10)13-7-12-15(25-13)14(16(19)23)21-22-17(12)20-11-4-5-24-8-11/h1-3,6-7,11H,4-5,8H2,(H2,19,23)(H,20,22). The summed E-state index contributed by atoms with van der Waals surface area (Å²) in [5, 5.41) is 12.5. The summed E-state index contributed by atoms with van der Waals surface area (Å²) >= 11 is 4.98. The Kier molecular flexibility index (Phi) is 4.41. The normalized spacial score (nSPS) is 17.1. The molecular formula is C17H15BrN4O2S. The summed E-state index contributed by atoms with van der Waals surface area (Å²) < 4.78 is 7.15. The Hall–Kier alpha value is -2.03. The highest BCUT2D eigenvalue weighted by atomic mass is 79.9. The molecule has 0 aliphatic carbocycles. The summed E-state index contributed by atoms with van der Waals surface area (Å²) in [5.41, 5.74) is 6.74. The van der Waals surface area contributed by atoms with E-state index in [-0.39, 0.29) is 11.7 Å². The number of hydrogen-bond donors (Lipinski definition) is 2. The van der Waals surface area contributed by atoms with Gasteiger partial charge in [-0.1, -0.05) is 28.1 Å². The highest BCUT2D eigenvalue weighted by molar-refractivity contribution is 9.10. The number of nitrogens with one attached hydrogen (secondary N) is 1. The molecule has 6 nitrogen and oxygen atoms in total. The summed E-state index contributed by atoms with van der Waals surface area (Å²) in [7, 11) is 0. The van der Waals surface area contributed by atoms with Crippen LogP contribution in [-0.2, 0) is 4.74 Å². The average molecular weight is 419 g/mol. The number of anilines is 1. The number of nitrogens with zero attached hydrogens (tertiary/aromatic N) is 2. The van der Waals surface area contributed by atoms with Gasteiger partial charge in [0.2, 0.25) is 0 Å². The number of carbonyl (C=O) groups excluding carboxylic acids is 1. The van der Waals surface area contributed by atoms with Gasteiger partial charge in [0.25, 0.3) is 5.91 Å². The molecule has 3 heterocycles. The van der Waals surface area contributed by atoms with Crippen molar-refractivity contribution >= 4 is 49.1 Å². The van der Waals surface area contributed by atoms with Crippen molar-refractivity contribution in [2.24, 2.45) is 5.73 Å². The largest absolute Gasteiger partial charge is 0.379 e. The molecule has 1 aliphatic rings. The molecule has 3 N–H and O–H groups in total. The third-order valence-electron chi connectivity index (χ3n) is 4.07. The number of nitrogens with two attached hydrogens (primary N) is 1. The lowest BCUT2D eigenvalue weighted by Crippen LogP contribution is -2.21. The van der Waals surface area contributed by atoms with Crippen LogP contribution in [0.25, 0.3) is 20.5 Å². The van der Waals surface area contributed by atoms with E-state index in [9.17, 15) is 4.79 Å². The third kappa shape index (κ3) is 3.24. The first-order valence-electron chi connectivity index (χ1n) is 7.82. The van der Waals surface area contributed by atoms with E-state index < -0.39 is 5.91 Å². The molecular weight excluding hydrogens is 404 g/mol. The molecule has 3 aromatic rings. The number of halogens is 1. The van der Waals surface area contributed by atoms with Crippen LogP contribution in [0.5, 0.6) is 0 Å². The second-order valence-electron chi connectivity index (χ2n) is 5.83. The van der Waals surface area contributed by atoms with Gasteiger partial charge < -0.3 is 15.8 Å². The SMILES string of the molecule is NC(=O)c1nnc(NC2CCOC2)c2cc(-c3cccc(Br)c3)sc12. The van der Waals surface area contributed by atoms with Gasteiger partial charge in [-0.3, -0.25) is 4.79 Å². The molecule has 8 heteroatoms. The van der Waals surface area contributed by atoms with Crippen LogP contribution in [0.1, 0.15) is 16.9 Å². The molecule has 0 bridgehead atoms. The number of benzene rings is 1. The van der Waals surface area contributed by atoms with E-state index in [0.717, 1.165) is 38.0 Å². The van der Waals surface area contributed by atoms with Crippen molar-refractivity contribution in [2.75, 3.05) is 18.5 Å². The van der Waals surface area contributed by atoms with Gasteiger partial charge in [0.05, 0.1) is 17.3 Å². The summed E-state index contributed by atoms with van der Waals surface area (Å²) in [6, 6.07) is 10.2. The van der Waals surface area contributed by atoms with Crippen LogP contribution in [0, 0.1) is 0 Å². The minimum atomic E-state index is -0.573. The molecule has 1 aromatic carbocycles. The summed E-state index contributed by atoms with van der Waals surface area (Å²) in [6.45, 7) is 1.38. The van der Waals surface area contributed by atoms with Gasteiger partial charge in [-0.2, -0.15) is 0 Å². The van der Waals surface area contributed by atoms with Crippen LogP contribution in [0.3, 0.4) is 0 Å². The zero-order valence-electron chi connectivity index (χ0n) is 13.2. The van der Waals surface area contributed by atoms with E-state index in [1.807, 2.05) is 30.3 Å². The predicted octanol–water partition coefficient (Wildman–Crippen LogP) is 3.42. The topological polar surface area (TPSA) is 90.1 Å². The molecule has 4 rings (SSSR count). The van der Waals surface area contributed by atoms with Crippen molar-refractivity contribution < 1.29 is 9.53 Å². The average Bonchev–Trinajstić information content (AvgIpc) is 3.24. The predicted molar refractivity (Wildman–Crippen MR) is 102 cm³/mol. The Morgan fingerprint density at radius 1 is 1.36 bits per heavy atom. The van der Waals surface area contributed by atoms with Crippen LogP contribution in [0.2, 0.25) is 0 Å². The molecule has 0 spiro atoms. The lowest BCUT2D eigenvalue weighted by atomic mass is 10.1. The van der Waals surface area contributed by atoms with Crippen molar-refractivity contribution in [2.45, 2.75) is 12.5 Å². The maximum atomic E-state index is 11.7. The van der Waals surface area contributed by atoms with Crippen LogP contribution >= 0.6 is 27.3 Å². The Labute approximate surface area is 156 Å². The number of hydrogen-bond acceptors (Lipinski definition) is 6. The fourth-order valence-corrected chi connectivity index (χ4v) is 4.38. The van der Waals surface area contributed by atoms with Crippen molar-refractivity contribution in [1.82, 2.24) is 10.2 Å². The highest BCUT2D eigenvalue weighted by Gasteiger charge is 2.21. The Morgan fingerprint density at radius 3 is 2.96 bits per heavy atom. The van der Waals surface area contributed by atoms with Crippen molar-refractivity contribution in [3.63, 3.8) is 0 Å². The number of ether oxygens (including phenoxy) is 1. The second-order valence-corrected chi connectivity index (χ2v) is 7.80. The van der Waals surface area contributed by atoms with Gasteiger partial charge in [0.1, 0.15) is 0 Å². The van der Waals surface area contributed by atoms with E-state index >= 15 is 0 Å². The van der Waals surface area contributed by atoms with Gasteiger partial charge in [0, 0.05) is 21.3 Å².